The third-order valence-corrected chi connectivity index (χ3v) is 4.47. The molecule has 1 heterocycles. The molecule has 1 amide bonds. The molecule has 1 aliphatic heterocycles. The lowest BCUT2D eigenvalue weighted by Crippen LogP contribution is -2.48. The number of rotatable bonds is 4. The molecule has 1 fully saturated rings. The van der Waals surface area contributed by atoms with Crippen LogP contribution in [0, 0.1) is 21.4 Å². The Kier molecular flexibility index (Phi) is 5.25. The van der Waals surface area contributed by atoms with Crippen molar-refractivity contribution in [3.8, 4) is 6.07 Å². The van der Waals surface area contributed by atoms with Gasteiger partial charge in [0.2, 0.25) is 0 Å². The van der Waals surface area contributed by atoms with Gasteiger partial charge in [-0.05, 0) is 29.8 Å². The molecule has 0 aromatic heterocycles. The van der Waals surface area contributed by atoms with Crippen molar-refractivity contribution in [3.63, 3.8) is 0 Å². The predicted octanol–water partition coefficient (Wildman–Crippen LogP) is 2.42. The number of piperazine rings is 1. The molecule has 2 aromatic rings. The first-order chi connectivity index (χ1) is 12.6. The van der Waals surface area contributed by atoms with E-state index in [9.17, 15) is 14.9 Å². The lowest BCUT2D eigenvalue weighted by Gasteiger charge is -2.34. The van der Waals surface area contributed by atoms with Crippen LogP contribution >= 0.6 is 0 Å². The molecule has 0 spiro atoms. The summed E-state index contributed by atoms with van der Waals surface area (Å²) in [6.07, 6.45) is 0. The minimum atomic E-state index is -0.476. The van der Waals surface area contributed by atoms with E-state index < -0.39 is 4.92 Å². The van der Waals surface area contributed by atoms with E-state index in [0.29, 0.717) is 24.2 Å². The summed E-state index contributed by atoms with van der Waals surface area (Å²) in [6.45, 7) is 3.54. The molecular weight excluding hydrogens is 332 g/mol. The molecular formula is C19H18N4O3. The highest BCUT2D eigenvalue weighted by Crippen LogP contribution is 2.15. The fourth-order valence-corrected chi connectivity index (χ4v) is 2.96. The van der Waals surface area contributed by atoms with E-state index in [-0.39, 0.29) is 11.6 Å². The Labute approximate surface area is 151 Å². The number of benzene rings is 2. The quantitative estimate of drug-likeness (QED) is 0.624. The summed E-state index contributed by atoms with van der Waals surface area (Å²) in [5.74, 6) is -0.0991. The van der Waals surface area contributed by atoms with E-state index in [0.717, 1.165) is 25.2 Å². The zero-order chi connectivity index (χ0) is 18.5. The monoisotopic (exact) mass is 350 g/mol. The average molecular weight is 350 g/mol. The molecule has 0 radical (unpaired) electrons. The second kappa shape index (κ2) is 7.76. The van der Waals surface area contributed by atoms with Crippen molar-refractivity contribution in [3.05, 3.63) is 75.3 Å². The lowest BCUT2D eigenvalue weighted by molar-refractivity contribution is -0.384. The molecule has 26 heavy (non-hydrogen) atoms. The van der Waals surface area contributed by atoms with E-state index in [2.05, 4.69) is 11.0 Å². The van der Waals surface area contributed by atoms with Crippen molar-refractivity contribution >= 4 is 11.6 Å². The van der Waals surface area contributed by atoms with Crippen LogP contribution in [0.3, 0.4) is 0 Å². The first-order valence-electron chi connectivity index (χ1n) is 8.32. The van der Waals surface area contributed by atoms with Gasteiger partial charge < -0.3 is 4.90 Å². The number of nitro groups is 1. The van der Waals surface area contributed by atoms with Gasteiger partial charge >= 0.3 is 0 Å². The fraction of sp³-hybridized carbons (Fsp3) is 0.263. The second-order valence-electron chi connectivity index (χ2n) is 6.18. The third kappa shape index (κ3) is 4.05. The van der Waals surface area contributed by atoms with E-state index in [1.165, 1.54) is 24.3 Å². The maximum Gasteiger partial charge on any atom is 0.269 e. The molecule has 0 unspecified atom stereocenters. The third-order valence-electron chi connectivity index (χ3n) is 4.47. The summed E-state index contributed by atoms with van der Waals surface area (Å²) in [4.78, 5) is 26.8. The first-order valence-corrected chi connectivity index (χ1v) is 8.32. The van der Waals surface area contributed by atoms with Gasteiger partial charge in [-0.15, -0.1) is 0 Å². The number of hydrogen-bond donors (Lipinski definition) is 0. The van der Waals surface area contributed by atoms with Gasteiger partial charge in [0, 0.05) is 50.4 Å². The summed E-state index contributed by atoms with van der Waals surface area (Å²) in [6, 6.07) is 15.3. The Morgan fingerprint density at radius 1 is 1.04 bits per heavy atom. The Bertz CT molecular complexity index is 833. The summed E-state index contributed by atoms with van der Waals surface area (Å²) >= 11 is 0. The lowest BCUT2D eigenvalue weighted by atomic mass is 10.1. The summed E-state index contributed by atoms with van der Waals surface area (Å²) in [5.41, 5.74) is 2.23. The number of carbonyl (C=O) groups is 1. The van der Waals surface area contributed by atoms with Crippen LogP contribution in [-0.4, -0.2) is 46.8 Å². The smallest absolute Gasteiger partial charge is 0.269 e. The molecule has 0 N–H and O–H groups in total. The molecule has 132 valence electrons. The Balaban J connectivity index is 1.54. The topological polar surface area (TPSA) is 90.5 Å². The van der Waals surface area contributed by atoms with Gasteiger partial charge in [-0.2, -0.15) is 5.26 Å². The van der Waals surface area contributed by atoms with Crippen LogP contribution in [0.15, 0.2) is 48.5 Å². The van der Waals surface area contributed by atoms with E-state index in [1.807, 2.05) is 24.3 Å². The summed E-state index contributed by atoms with van der Waals surface area (Å²) in [5, 5.41) is 19.5. The molecule has 0 saturated carbocycles. The van der Waals surface area contributed by atoms with Crippen LogP contribution in [0.5, 0.6) is 0 Å². The van der Waals surface area contributed by atoms with Crippen LogP contribution in [0.25, 0.3) is 0 Å². The SMILES string of the molecule is N#Cc1ccc(CN2CCN(C(=O)c3ccc([N+](=O)[O-])cc3)CC2)cc1. The maximum atomic E-state index is 12.5. The molecule has 3 rings (SSSR count). The fourth-order valence-electron chi connectivity index (χ4n) is 2.96. The number of non-ortho nitro benzene ring substituents is 1. The number of amides is 1. The highest BCUT2D eigenvalue weighted by Gasteiger charge is 2.22. The van der Waals surface area contributed by atoms with Crippen LogP contribution < -0.4 is 0 Å². The van der Waals surface area contributed by atoms with E-state index in [4.69, 9.17) is 5.26 Å². The van der Waals surface area contributed by atoms with Crippen molar-refractivity contribution in [2.24, 2.45) is 0 Å². The maximum absolute atomic E-state index is 12.5. The van der Waals surface area contributed by atoms with Gasteiger partial charge in [0.25, 0.3) is 11.6 Å². The molecule has 7 heteroatoms. The number of nitro benzene ring substituents is 1. The number of hydrogen-bond acceptors (Lipinski definition) is 5. The molecule has 0 aliphatic carbocycles. The molecule has 1 saturated heterocycles. The predicted molar refractivity (Wildman–Crippen MR) is 95.4 cm³/mol. The zero-order valence-corrected chi connectivity index (χ0v) is 14.2. The normalized spacial score (nSPS) is 14.7. The van der Waals surface area contributed by atoms with E-state index >= 15 is 0 Å². The van der Waals surface area contributed by atoms with Gasteiger partial charge in [0.15, 0.2) is 0 Å². The largest absolute Gasteiger partial charge is 0.336 e. The van der Waals surface area contributed by atoms with Crippen molar-refractivity contribution < 1.29 is 9.72 Å². The van der Waals surface area contributed by atoms with Crippen LogP contribution in [-0.2, 0) is 6.54 Å². The van der Waals surface area contributed by atoms with Crippen LogP contribution in [0.2, 0.25) is 0 Å². The number of carbonyl (C=O) groups excluding carboxylic acids is 1. The first kappa shape index (κ1) is 17.6. The molecule has 0 bridgehead atoms. The Morgan fingerprint density at radius 2 is 1.65 bits per heavy atom. The van der Waals surface area contributed by atoms with E-state index in [1.54, 1.807) is 4.90 Å². The molecule has 1 aliphatic rings. The van der Waals surface area contributed by atoms with Gasteiger partial charge in [0.05, 0.1) is 16.6 Å². The number of nitrogens with zero attached hydrogens (tertiary/aromatic N) is 4. The average Bonchev–Trinajstić information content (AvgIpc) is 2.69. The van der Waals surface area contributed by atoms with Gasteiger partial charge in [0.1, 0.15) is 0 Å². The van der Waals surface area contributed by atoms with Crippen molar-refractivity contribution in [2.75, 3.05) is 26.2 Å². The van der Waals surface area contributed by atoms with Crippen molar-refractivity contribution in [1.29, 1.82) is 5.26 Å². The van der Waals surface area contributed by atoms with Crippen molar-refractivity contribution in [2.45, 2.75) is 6.54 Å². The molecule has 7 nitrogen and oxygen atoms in total. The minimum Gasteiger partial charge on any atom is -0.336 e. The van der Waals surface area contributed by atoms with Crippen LogP contribution in [0.4, 0.5) is 5.69 Å². The summed E-state index contributed by atoms with van der Waals surface area (Å²) < 4.78 is 0. The van der Waals surface area contributed by atoms with Gasteiger partial charge in [-0.25, -0.2) is 0 Å². The highest BCUT2D eigenvalue weighted by molar-refractivity contribution is 5.94. The van der Waals surface area contributed by atoms with Gasteiger partial charge in [-0.3, -0.25) is 19.8 Å². The second-order valence-corrected chi connectivity index (χ2v) is 6.18. The minimum absolute atomic E-state index is 0.0196. The number of nitriles is 1. The highest BCUT2D eigenvalue weighted by atomic mass is 16.6. The van der Waals surface area contributed by atoms with Crippen LogP contribution in [0.1, 0.15) is 21.5 Å². The zero-order valence-electron chi connectivity index (χ0n) is 14.2. The molecule has 2 aromatic carbocycles. The van der Waals surface area contributed by atoms with Crippen molar-refractivity contribution in [1.82, 2.24) is 9.80 Å². The Morgan fingerprint density at radius 3 is 2.19 bits per heavy atom. The summed E-state index contributed by atoms with van der Waals surface area (Å²) in [7, 11) is 0. The Hall–Kier alpha value is -3.24. The standard InChI is InChI=1S/C19H18N4O3/c20-13-15-1-3-16(4-2-15)14-21-9-11-22(12-10-21)19(24)17-5-7-18(8-6-17)23(25)26/h1-8H,9-12,14H2. The van der Waals surface area contributed by atoms with Gasteiger partial charge in [-0.1, -0.05) is 12.1 Å². The molecule has 0 atom stereocenters.